The first-order chi connectivity index (χ1) is 14.0. The molecular weight excluding hydrogens is 366 g/mol. The third kappa shape index (κ3) is 4.06. The van der Waals surface area contributed by atoms with Gasteiger partial charge in [-0.2, -0.15) is 5.10 Å². The second-order valence-corrected chi connectivity index (χ2v) is 7.26. The number of carbonyl (C=O) groups is 2. The first-order valence-electron chi connectivity index (χ1n) is 9.73. The third-order valence-electron chi connectivity index (χ3n) is 5.04. The van der Waals surface area contributed by atoms with Crippen molar-refractivity contribution in [1.82, 2.24) is 9.78 Å². The van der Waals surface area contributed by atoms with E-state index in [1.54, 1.807) is 24.7 Å². The molecular formula is C23H23N3O3. The lowest BCUT2D eigenvalue weighted by atomic mass is 10.2. The van der Waals surface area contributed by atoms with Crippen molar-refractivity contribution in [1.29, 1.82) is 0 Å². The van der Waals surface area contributed by atoms with E-state index in [9.17, 15) is 9.59 Å². The molecule has 3 aromatic rings. The number of rotatable bonds is 6. The molecule has 0 bridgehead atoms. The molecule has 2 aromatic carbocycles. The van der Waals surface area contributed by atoms with Gasteiger partial charge in [-0.25, -0.2) is 9.48 Å². The molecule has 0 saturated heterocycles. The molecule has 4 rings (SSSR count). The monoisotopic (exact) mass is 389 g/mol. The van der Waals surface area contributed by atoms with E-state index in [1.807, 2.05) is 60.7 Å². The van der Waals surface area contributed by atoms with Crippen LogP contribution in [0.2, 0.25) is 0 Å². The SMILES string of the molecule is C[C@H](OC(=O)c1cc(C2CC2)nn1-c1ccccc1)C(=O)N(C)c1ccccc1. The van der Waals surface area contributed by atoms with Crippen LogP contribution in [-0.4, -0.2) is 34.8 Å². The molecule has 1 fully saturated rings. The summed E-state index contributed by atoms with van der Waals surface area (Å²) in [6.07, 6.45) is 1.24. The third-order valence-corrected chi connectivity index (χ3v) is 5.04. The number of benzene rings is 2. The number of esters is 1. The van der Waals surface area contributed by atoms with Gasteiger partial charge in [-0.05, 0) is 50.1 Å². The maximum atomic E-state index is 12.9. The number of para-hydroxylation sites is 2. The summed E-state index contributed by atoms with van der Waals surface area (Å²) in [6, 6.07) is 20.5. The van der Waals surface area contributed by atoms with Crippen LogP contribution in [0.3, 0.4) is 0 Å². The Labute approximate surface area is 169 Å². The fourth-order valence-corrected chi connectivity index (χ4v) is 3.21. The Morgan fingerprint density at radius 2 is 1.69 bits per heavy atom. The molecule has 0 aliphatic heterocycles. The first kappa shape index (κ1) is 18.9. The maximum absolute atomic E-state index is 12.9. The number of hydrogen-bond acceptors (Lipinski definition) is 4. The van der Waals surface area contributed by atoms with Gasteiger partial charge in [0.05, 0.1) is 11.4 Å². The number of nitrogens with zero attached hydrogens (tertiary/aromatic N) is 3. The van der Waals surface area contributed by atoms with E-state index in [-0.39, 0.29) is 5.91 Å². The van der Waals surface area contributed by atoms with E-state index in [0.717, 1.165) is 29.9 Å². The quantitative estimate of drug-likeness (QED) is 0.599. The van der Waals surface area contributed by atoms with Crippen LogP contribution in [0.25, 0.3) is 5.69 Å². The minimum absolute atomic E-state index is 0.294. The van der Waals surface area contributed by atoms with Crippen molar-refractivity contribution < 1.29 is 14.3 Å². The van der Waals surface area contributed by atoms with Gasteiger partial charge < -0.3 is 9.64 Å². The molecule has 1 amide bonds. The van der Waals surface area contributed by atoms with Gasteiger partial charge in [0.25, 0.3) is 5.91 Å². The highest BCUT2D eigenvalue weighted by Gasteiger charge is 2.31. The fraction of sp³-hybridized carbons (Fsp3) is 0.261. The summed E-state index contributed by atoms with van der Waals surface area (Å²) < 4.78 is 7.13. The van der Waals surface area contributed by atoms with E-state index in [4.69, 9.17) is 4.74 Å². The van der Waals surface area contributed by atoms with Gasteiger partial charge in [0.2, 0.25) is 0 Å². The van der Waals surface area contributed by atoms with E-state index in [1.165, 1.54) is 4.90 Å². The number of aromatic nitrogens is 2. The average Bonchev–Trinajstić information content (AvgIpc) is 3.52. The fourth-order valence-electron chi connectivity index (χ4n) is 3.21. The molecule has 1 heterocycles. The van der Waals surface area contributed by atoms with Crippen LogP contribution in [0.15, 0.2) is 66.7 Å². The number of likely N-dealkylation sites (N-methyl/N-ethyl adjacent to an activating group) is 1. The van der Waals surface area contributed by atoms with Crippen LogP contribution in [0.1, 0.15) is 41.9 Å². The van der Waals surface area contributed by atoms with Gasteiger partial charge in [-0.1, -0.05) is 36.4 Å². The molecule has 1 atom stereocenters. The minimum Gasteiger partial charge on any atom is -0.448 e. The lowest BCUT2D eigenvalue weighted by Gasteiger charge is -2.21. The summed E-state index contributed by atoms with van der Waals surface area (Å²) in [7, 11) is 1.67. The largest absolute Gasteiger partial charge is 0.448 e. The molecule has 6 heteroatoms. The summed E-state index contributed by atoms with van der Waals surface area (Å²) in [5, 5.41) is 4.62. The van der Waals surface area contributed by atoms with Crippen molar-refractivity contribution in [3.05, 3.63) is 78.1 Å². The van der Waals surface area contributed by atoms with Crippen LogP contribution in [0, 0.1) is 0 Å². The smallest absolute Gasteiger partial charge is 0.357 e. The predicted octanol–water partition coefficient (Wildman–Crippen LogP) is 3.96. The molecule has 29 heavy (non-hydrogen) atoms. The highest BCUT2D eigenvalue weighted by Crippen LogP contribution is 2.39. The molecule has 0 spiro atoms. The van der Waals surface area contributed by atoms with E-state index in [2.05, 4.69) is 5.10 Å². The Bertz CT molecular complexity index is 1010. The molecule has 0 N–H and O–H groups in total. The molecule has 1 aromatic heterocycles. The number of ether oxygens (including phenoxy) is 1. The van der Waals surface area contributed by atoms with Gasteiger partial charge in [-0.15, -0.1) is 0 Å². The molecule has 0 radical (unpaired) electrons. The van der Waals surface area contributed by atoms with Gasteiger partial charge >= 0.3 is 5.97 Å². The Morgan fingerprint density at radius 1 is 1.07 bits per heavy atom. The van der Waals surface area contributed by atoms with Crippen molar-refractivity contribution in [3.8, 4) is 5.69 Å². The topological polar surface area (TPSA) is 64.4 Å². The lowest BCUT2D eigenvalue weighted by Crippen LogP contribution is -2.37. The minimum atomic E-state index is -0.920. The summed E-state index contributed by atoms with van der Waals surface area (Å²) in [5.74, 6) is -0.455. The van der Waals surface area contributed by atoms with Crippen LogP contribution < -0.4 is 4.90 Å². The number of anilines is 1. The summed E-state index contributed by atoms with van der Waals surface area (Å²) >= 11 is 0. The molecule has 148 valence electrons. The Balaban J connectivity index is 1.54. The van der Waals surface area contributed by atoms with Crippen molar-refractivity contribution in [2.75, 3.05) is 11.9 Å². The number of carbonyl (C=O) groups excluding carboxylic acids is 2. The standard InChI is InChI=1S/C23H23N3O3/c1-16(22(27)25(2)18-9-5-3-6-10-18)29-23(28)21-15-20(17-13-14-17)24-26(21)19-11-7-4-8-12-19/h3-12,15-17H,13-14H2,1-2H3/t16-/m0/s1. The van der Waals surface area contributed by atoms with Gasteiger partial charge in [-0.3, -0.25) is 4.79 Å². The Morgan fingerprint density at radius 3 is 2.31 bits per heavy atom. The summed E-state index contributed by atoms with van der Waals surface area (Å²) in [5.41, 5.74) is 2.75. The van der Waals surface area contributed by atoms with E-state index >= 15 is 0 Å². The van der Waals surface area contributed by atoms with Gasteiger partial charge in [0, 0.05) is 18.7 Å². The van der Waals surface area contributed by atoms with E-state index in [0.29, 0.717) is 11.6 Å². The van der Waals surface area contributed by atoms with Crippen LogP contribution in [-0.2, 0) is 9.53 Å². The van der Waals surface area contributed by atoms with E-state index < -0.39 is 12.1 Å². The van der Waals surface area contributed by atoms with Crippen LogP contribution in [0.4, 0.5) is 5.69 Å². The lowest BCUT2D eigenvalue weighted by molar-refractivity contribution is -0.126. The second-order valence-electron chi connectivity index (χ2n) is 7.26. The second kappa shape index (κ2) is 7.91. The van der Waals surface area contributed by atoms with Crippen molar-refractivity contribution >= 4 is 17.6 Å². The van der Waals surface area contributed by atoms with Crippen molar-refractivity contribution in [2.45, 2.75) is 31.8 Å². The number of amides is 1. The molecule has 1 saturated carbocycles. The molecule has 6 nitrogen and oxygen atoms in total. The average molecular weight is 389 g/mol. The zero-order valence-corrected chi connectivity index (χ0v) is 16.5. The molecule has 0 unspecified atom stereocenters. The zero-order valence-electron chi connectivity index (χ0n) is 16.5. The normalized spacial score (nSPS) is 14.3. The molecule has 1 aliphatic rings. The van der Waals surface area contributed by atoms with Crippen LogP contribution in [0.5, 0.6) is 0 Å². The maximum Gasteiger partial charge on any atom is 0.357 e. The highest BCUT2D eigenvalue weighted by molar-refractivity contribution is 5.98. The van der Waals surface area contributed by atoms with Crippen molar-refractivity contribution in [2.24, 2.45) is 0 Å². The summed E-state index contributed by atoms with van der Waals surface area (Å²) in [6.45, 7) is 1.59. The molecule has 1 aliphatic carbocycles. The number of hydrogen-bond donors (Lipinski definition) is 0. The Kier molecular flexibility index (Phi) is 5.16. The first-order valence-corrected chi connectivity index (χ1v) is 9.73. The van der Waals surface area contributed by atoms with Gasteiger partial charge in [0.1, 0.15) is 0 Å². The van der Waals surface area contributed by atoms with Gasteiger partial charge in [0.15, 0.2) is 11.8 Å². The predicted molar refractivity (Wildman–Crippen MR) is 110 cm³/mol. The van der Waals surface area contributed by atoms with Crippen LogP contribution >= 0.6 is 0 Å². The summed E-state index contributed by atoms with van der Waals surface area (Å²) in [4.78, 5) is 27.1. The Hall–Kier alpha value is -3.41. The van der Waals surface area contributed by atoms with Crippen molar-refractivity contribution in [3.63, 3.8) is 0 Å². The zero-order chi connectivity index (χ0) is 20.4. The highest BCUT2D eigenvalue weighted by atomic mass is 16.5.